The molecular weight excluding hydrogens is 204 g/mol. The lowest BCUT2D eigenvalue weighted by atomic mass is 9.72. The number of carbonyl (C=O) groups excluding carboxylic acids is 1. The largest absolute Gasteiger partial charge is 0.480 e. The molecule has 3 heteroatoms. The summed E-state index contributed by atoms with van der Waals surface area (Å²) in [6.45, 7) is 0. The maximum Gasteiger partial charge on any atom is 0.317 e. The first kappa shape index (κ1) is 9.58. The van der Waals surface area contributed by atoms with Crippen LogP contribution in [0.4, 0.5) is 0 Å². The molecule has 0 aliphatic heterocycles. The summed E-state index contributed by atoms with van der Waals surface area (Å²) in [5.74, 6) is -0.885. The number of fused-ring (bicyclic) bond motifs is 4. The molecule has 1 aromatic carbocycles. The number of aliphatic carboxylic acids is 1. The van der Waals surface area contributed by atoms with Crippen LogP contribution in [-0.2, 0) is 4.79 Å². The molecule has 0 saturated heterocycles. The van der Waals surface area contributed by atoms with Crippen molar-refractivity contribution in [1.29, 1.82) is 0 Å². The van der Waals surface area contributed by atoms with Gasteiger partial charge in [-0.25, -0.2) is 0 Å². The second-order valence-electron chi connectivity index (χ2n) is 4.74. The first-order valence-corrected chi connectivity index (χ1v) is 5.52. The van der Waals surface area contributed by atoms with E-state index in [1.54, 1.807) is 12.1 Å². The molecule has 1 aromatic rings. The zero-order valence-electron chi connectivity index (χ0n) is 8.77. The van der Waals surface area contributed by atoms with E-state index in [-0.39, 0.29) is 11.7 Å². The van der Waals surface area contributed by atoms with Crippen molar-refractivity contribution in [1.82, 2.24) is 0 Å². The quantitative estimate of drug-likeness (QED) is 0.732. The predicted octanol–water partition coefficient (Wildman–Crippen LogP) is 2.22. The number of hydrogen-bond acceptors (Lipinski definition) is 2. The molecule has 1 fully saturated rings. The Morgan fingerprint density at radius 3 is 2.88 bits per heavy atom. The minimum Gasteiger partial charge on any atom is -0.480 e. The summed E-state index contributed by atoms with van der Waals surface area (Å²) in [5, 5.41) is 9.29. The third-order valence-corrected chi connectivity index (χ3v) is 4.00. The molecule has 2 atom stereocenters. The first-order valence-electron chi connectivity index (χ1n) is 5.52. The Bertz CT molecular complexity index is 492. The number of Topliss-reactive ketones (excluding diaryl/α,β-unsaturated/α-hetero) is 1. The second kappa shape index (κ2) is 2.94. The van der Waals surface area contributed by atoms with E-state index in [1.807, 2.05) is 12.1 Å². The smallest absolute Gasteiger partial charge is 0.317 e. The highest BCUT2D eigenvalue weighted by atomic mass is 16.4. The molecule has 0 aromatic heterocycles. The zero-order valence-corrected chi connectivity index (χ0v) is 8.77. The maximum absolute atomic E-state index is 12.3. The summed E-state index contributed by atoms with van der Waals surface area (Å²) < 4.78 is 0. The second-order valence-corrected chi connectivity index (χ2v) is 4.74. The summed E-state index contributed by atoms with van der Waals surface area (Å²) in [5.41, 5.74) is 0.541. The van der Waals surface area contributed by atoms with E-state index < -0.39 is 11.4 Å². The summed E-state index contributed by atoms with van der Waals surface area (Å²) in [6.07, 6.45) is 1.79. The van der Waals surface area contributed by atoms with Gasteiger partial charge < -0.3 is 5.11 Å². The van der Waals surface area contributed by atoms with Crippen molar-refractivity contribution in [2.75, 3.05) is 0 Å². The molecule has 2 aliphatic carbocycles. The van der Waals surface area contributed by atoms with Crippen LogP contribution in [0.5, 0.6) is 0 Å². The normalized spacial score (nSPS) is 31.2. The molecule has 1 N–H and O–H groups in total. The third kappa shape index (κ3) is 0.979. The van der Waals surface area contributed by atoms with Gasteiger partial charge in [0, 0.05) is 5.56 Å². The van der Waals surface area contributed by atoms with Crippen LogP contribution >= 0.6 is 0 Å². The molecule has 2 aliphatic rings. The van der Waals surface area contributed by atoms with Crippen LogP contribution in [0.2, 0.25) is 0 Å². The summed E-state index contributed by atoms with van der Waals surface area (Å²) in [6, 6.07) is 7.43. The average molecular weight is 216 g/mol. The lowest BCUT2D eigenvalue weighted by molar-refractivity contribution is -0.145. The third-order valence-electron chi connectivity index (χ3n) is 4.00. The maximum atomic E-state index is 12.3. The van der Waals surface area contributed by atoms with Gasteiger partial charge in [0.05, 0.1) is 0 Å². The van der Waals surface area contributed by atoms with Crippen molar-refractivity contribution >= 4 is 11.8 Å². The van der Waals surface area contributed by atoms with Crippen molar-refractivity contribution in [2.45, 2.75) is 25.2 Å². The Morgan fingerprint density at radius 1 is 1.38 bits per heavy atom. The number of rotatable bonds is 1. The summed E-state index contributed by atoms with van der Waals surface area (Å²) in [4.78, 5) is 23.6. The van der Waals surface area contributed by atoms with Crippen LogP contribution in [0.15, 0.2) is 24.3 Å². The summed E-state index contributed by atoms with van der Waals surface area (Å²) >= 11 is 0. The van der Waals surface area contributed by atoms with Gasteiger partial charge in [0.25, 0.3) is 0 Å². The fraction of sp³-hybridized carbons (Fsp3) is 0.385. The van der Waals surface area contributed by atoms with Crippen LogP contribution in [-0.4, -0.2) is 16.9 Å². The molecule has 0 spiro atoms. The van der Waals surface area contributed by atoms with Crippen LogP contribution in [0, 0.1) is 5.41 Å². The molecule has 2 bridgehead atoms. The molecule has 1 saturated carbocycles. The highest BCUT2D eigenvalue weighted by Gasteiger charge is 2.55. The molecule has 16 heavy (non-hydrogen) atoms. The van der Waals surface area contributed by atoms with Gasteiger partial charge in [-0.3, -0.25) is 9.59 Å². The van der Waals surface area contributed by atoms with Gasteiger partial charge in [0.15, 0.2) is 5.78 Å². The minimum atomic E-state index is -1.13. The molecule has 82 valence electrons. The number of hydrogen-bond donors (Lipinski definition) is 1. The van der Waals surface area contributed by atoms with E-state index in [0.717, 1.165) is 12.0 Å². The number of ketones is 1. The van der Waals surface area contributed by atoms with Gasteiger partial charge in [-0.15, -0.1) is 0 Å². The Hall–Kier alpha value is -1.64. The van der Waals surface area contributed by atoms with Crippen molar-refractivity contribution in [3.05, 3.63) is 35.4 Å². The number of benzene rings is 1. The number of carboxylic acids is 1. The topological polar surface area (TPSA) is 54.4 Å². The van der Waals surface area contributed by atoms with Crippen molar-refractivity contribution < 1.29 is 14.7 Å². The van der Waals surface area contributed by atoms with Gasteiger partial charge in [-0.2, -0.15) is 0 Å². The van der Waals surface area contributed by atoms with Crippen LogP contribution < -0.4 is 0 Å². The lowest BCUT2D eigenvalue weighted by Crippen LogP contribution is -2.39. The molecule has 3 nitrogen and oxygen atoms in total. The van der Waals surface area contributed by atoms with Crippen molar-refractivity contribution in [3.63, 3.8) is 0 Å². The standard InChI is InChI=1S/C13H12O3/c14-11-10-4-2-1-3-9(10)8-5-6-13(11,7-8)12(15)16/h1-4,8H,5-7H2,(H,15,16)/t8-,13-/m0/s1. The van der Waals surface area contributed by atoms with E-state index >= 15 is 0 Å². The van der Waals surface area contributed by atoms with Crippen molar-refractivity contribution in [2.24, 2.45) is 5.41 Å². The van der Waals surface area contributed by atoms with E-state index in [9.17, 15) is 14.7 Å². The van der Waals surface area contributed by atoms with E-state index in [1.165, 1.54) is 0 Å². The van der Waals surface area contributed by atoms with E-state index in [2.05, 4.69) is 0 Å². The molecule has 0 amide bonds. The van der Waals surface area contributed by atoms with Gasteiger partial charge in [0.2, 0.25) is 0 Å². The number of carboxylic acid groups (broad SMARTS) is 1. The SMILES string of the molecule is O=C(O)[C@@]12CC[C@@H](C1)c1ccccc1C2=O. The highest BCUT2D eigenvalue weighted by molar-refractivity contribution is 6.14. The molecular formula is C13H12O3. The first-order chi connectivity index (χ1) is 7.65. The zero-order chi connectivity index (χ0) is 11.3. The van der Waals surface area contributed by atoms with E-state index in [0.29, 0.717) is 18.4 Å². The highest BCUT2D eigenvalue weighted by Crippen LogP contribution is 2.53. The average Bonchev–Trinajstić information content (AvgIpc) is 2.70. The van der Waals surface area contributed by atoms with Crippen molar-refractivity contribution in [3.8, 4) is 0 Å². The fourth-order valence-corrected chi connectivity index (χ4v) is 3.13. The Labute approximate surface area is 93.1 Å². The van der Waals surface area contributed by atoms with Crippen LogP contribution in [0.1, 0.15) is 41.1 Å². The van der Waals surface area contributed by atoms with Gasteiger partial charge >= 0.3 is 5.97 Å². The minimum absolute atomic E-state index is 0.190. The predicted molar refractivity (Wildman–Crippen MR) is 57.4 cm³/mol. The summed E-state index contributed by atoms with van der Waals surface area (Å²) in [7, 11) is 0. The Balaban J connectivity index is 2.21. The molecule has 0 heterocycles. The van der Waals surface area contributed by atoms with Gasteiger partial charge in [0.1, 0.15) is 5.41 Å². The molecule has 0 unspecified atom stereocenters. The van der Waals surface area contributed by atoms with Crippen LogP contribution in [0.3, 0.4) is 0 Å². The lowest BCUT2D eigenvalue weighted by Gasteiger charge is -2.29. The van der Waals surface area contributed by atoms with Crippen LogP contribution in [0.25, 0.3) is 0 Å². The van der Waals surface area contributed by atoms with Gasteiger partial charge in [-0.1, -0.05) is 24.3 Å². The van der Waals surface area contributed by atoms with E-state index in [4.69, 9.17) is 0 Å². The molecule has 0 radical (unpaired) electrons. The van der Waals surface area contributed by atoms with Gasteiger partial charge in [-0.05, 0) is 30.7 Å². The monoisotopic (exact) mass is 216 g/mol. The molecule has 3 rings (SSSR count). The fourth-order valence-electron chi connectivity index (χ4n) is 3.13. The Kier molecular flexibility index (Phi) is 1.76. The number of carbonyl (C=O) groups is 2. The Morgan fingerprint density at radius 2 is 2.12 bits per heavy atom.